The van der Waals surface area contributed by atoms with Crippen LogP contribution in [0.25, 0.3) is 0 Å². The van der Waals surface area contributed by atoms with Crippen LogP contribution in [0.1, 0.15) is 12.8 Å². The Hall–Kier alpha value is 0.780. The highest BCUT2D eigenvalue weighted by molar-refractivity contribution is 14.0. The molecule has 2 aliphatic rings. The van der Waals surface area contributed by atoms with Crippen LogP contribution in [0.4, 0.5) is 0 Å². The van der Waals surface area contributed by atoms with Crippen LogP contribution in [0, 0.1) is 0 Å². The van der Waals surface area contributed by atoms with Crippen LogP contribution in [-0.4, -0.2) is 84.9 Å². The number of hydrazine groups is 1. The summed E-state index contributed by atoms with van der Waals surface area (Å²) in [5.74, 6) is 0. The zero-order chi connectivity index (χ0) is 13.8. The van der Waals surface area contributed by atoms with E-state index >= 15 is 0 Å². The summed E-state index contributed by atoms with van der Waals surface area (Å²) in [7, 11) is 12.0. The number of aliphatic imine (C=N–C) groups is 1. The molecule has 0 bridgehead atoms. The number of amidine groups is 1. The fourth-order valence-corrected chi connectivity index (χ4v) is 4.71. The van der Waals surface area contributed by atoms with E-state index < -0.39 is 0 Å². The second kappa shape index (κ2) is 9.04. The highest BCUT2D eigenvalue weighted by Crippen LogP contribution is 2.39. The molecule has 1 unspecified atom stereocenters. The first-order valence-corrected chi connectivity index (χ1v) is 9.04. The molecular formula is C12H26IN5S2. The quantitative estimate of drug-likeness (QED) is 0.489. The first-order chi connectivity index (χ1) is 9.08. The van der Waals surface area contributed by atoms with Crippen molar-refractivity contribution in [3.8, 4) is 0 Å². The van der Waals surface area contributed by atoms with E-state index in [0.717, 1.165) is 18.3 Å². The van der Waals surface area contributed by atoms with Crippen LogP contribution in [-0.2, 0) is 0 Å². The van der Waals surface area contributed by atoms with Crippen molar-refractivity contribution in [3.63, 3.8) is 0 Å². The van der Waals surface area contributed by atoms with Crippen molar-refractivity contribution in [1.82, 2.24) is 19.8 Å². The zero-order valence-corrected chi connectivity index (χ0v) is 16.7. The van der Waals surface area contributed by atoms with Crippen molar-refractivity contribution < 1.29 is 0 Å². The summed E-state index contributed by atoms with van der Waals surface area (Å²) in [5, 5.41) is 6.08. The van der Waals surface area contributed by atoms with Gasteiger partial charge in [0.1, 0.15) is 0 Å². The predicted octanol–water partition coefficient (Wildman–Crippen LogP) is 2.08. The Morgan fingerprint density at radius 2 is 1.80 bits per heavy atom. The van der Waals surface area contributed by atoms with E-state index in [1.54, 1.807) is 10.8 Å². The molecule has 0 N–H and O–H groups in total. The average molecular weight is 431 g/mol. The third-order valence-electron chi connectivity index (χ3n) is 3.29. The lowest BCUT2D eigenvalue weighted by molar-refractivity contribution is -0.0155. The second-order valence-electron chi connectivity index (χ2n) is 5.44. The van der Waals surface area contributed by atoms with Gasteiger partial charge in [-0.1, -0.05) is 0 Å². The van der Waals surface area contributed by atoms with Gasteiger partial charge in [-0.15, -0.1) is 24.0 Å². The van der Waals surface area contributed by atoms with Gasteiger partial charge in [0.05, 0.1) is 0 Å². The van der Waals surface area contributed by atoms with Gasteiger partial charge in [0.15, 0.2) is 10.7 Å². The molecule has 118 valence electrons. The molecule has 0 spiro atoms. The van der Waals surface area contributed by atoms with Crippen molar-refractivity contribution in [2.24, 2.45) is 4.99 Å². The zero-order valence-electron chi connectivity index (χ0n) is 12.8. The number of rotatable bonds is 5. The standard InChI is InChI=1S/C12H25N5S2.HI/c1-14(2)9-10-17(16-7-5-6-8-16)12-13-11(15(3)4)18-19-12;/h12H,5-10H2,1-4H3;1H. The van der Waals surface area contributed by atoms with Gasteiger partial charge in [0.25, 0.3) is 0 Å². The van der Waals surface area contributed by atoms with Gasteiger partial charge < -0.3 is 9.80 Å². The Kier molecular flexibility index (Phi) is 8.51. The molecule has 0 amide bonds. The summed E-state index contributed by atoms with van der Waals surface area (Å²) in [6.45, 7) is 4.49. The highest BCUT2D eigenvalue weighted by atomic mass is 127. The van der Waals surface area contributed by atoms with Gasteiger partial charge in [0.2, 0.25) is 0 Å². The molecule has 0 saturated carbocycles. The van der Waals surface area contributed by atoms with Crippen molar-refractivity contribution in [3.05, 3.63) is 0 Å². The van der Waals surface area contributed by atoms with Gasteiger partial charge in [-0.25, -0.2) is 15.0 Å². The third kappa shape index (κ3) is 5.20. The van der Waals surface area contributed by atoms with Crippen molar-refractivity contribution in [1.29, 1.82) is 0 Å². The molecule has 1 saturated heterocycles. The summed E-state index contributed by atoms with van der Waals surface area (Å²) < 4.78 is 0. The van der Waals surface area contributed by atoms with Gasteiger partial charge in [0, 0.05) is 40.3 Å². The van der Waals surface area contributed by atoms with E-state index in [0.29, 0.717) is 0 Å². The van der Waals surface area contributed by atoms with Crippen molar-refractivity contribution in [2.75, 3.05) is 54.4 Å². The fourth-order valence-electron chi connectivity index (χ4n) is 2.18. The molecule has 0 aliphatic carbocycles. The molecule has 0 aromatic rings. The lowest BCUT2D eigenvalue weighted by Crippen LogP contribution is -2.47. The van der Waals surface area contributed by atoms with E-state index in [1.165, 1.54) is 25.9 Å². The summed E-state index contributed by atoms with van der Waals surface area (Å²) in [4.78, 5) is 9.19. The summed E-state index contributed by atoms with van der Waals surface area (Å²) in [6.07, 6.45) is 2.63. The molecule has 0 aromatic heterocycles. The minimum absolute atomic E-state index is 0. The fraction of sp³-hybridized carbons (Fsp3) is 0.917. The van der Waals surface area contributed by atoms with Crippen LogP contribution in [0.2, 0.25) is 0 Å². The maximum absolute atomic E-state index is 4.84. The highest BCUT2D eigenvalue weighted by Gasteiger charge is 2.31. The smallest absolute Gasteiger partial charge is 0.175 e. The van der Waals surface area contributed by atoms with E-state index in [9.17, 15) is 0 Å². The number of nitrogens with zero attached hydrogens (tertiary/aromatic N) is 5. The minimum Gasteiger partial charge on any atom is -0.357 e. The lowest BCUT2D eigenvalue weighted by Gasteiger charge is -2.34. The molecular weight excluding hydrogens is 405 g/mol. The Morgan fingerprint density at radius 3 is 2.30 bits per heavy atom. The molecule has 0 aromatic carbocycles. The average Bonchev–Trinajstić information content (AvgIpc) is 2.98. The maximum atomic E-state index is 4.84. The Morgan fingerprint density at radius 1 is 1.15 bits per heavy atom. The molecule has 0 radical (unpaired) electrons. The van der Waals surface area contributed by atoms with E-state index in [2.05, 4.69) is 48.0 Å². The monoisotopic (exact) mass is 431 g/mol. The normalized spacial score (nSPS) is 23.3. The molecule has 1 fully saturated rings. The Bertz CT molecular complexity index is 321. The third-order valence-corrected chi connectivity index (χ3v) is 5.78. The van der Waals surface area contributed by atoms with Crippen LogP contribution in [0.15, 0.2) is 4.99 Å². The molecule has 8 heteroatoms. The number of hydrogen-bond donors (Lipinski definition) is 0. The van der Waals surface area contributed by atoms with Crippen molar-refractivity contribution >= 4 is 50.7 Å². The Labute approximate surface area is 147 Å². The molecule has 1 atom stereocenters. The predicted molar refractivity (Wildman–Crippen MR) is 102 cm³/mol. The largest absolute Gasteiger partial charge is 0.357 e. The summed E-state index contributed by atoms with van der Waals surface area (Å²) >= 11 is 0. The lowest BCUT2D eigenvalue weighted by atomic mass is 10.4. The number of halogens is 1. The van der Waals surface area contributed by atoms with Crippen LogP contribution < -0.4 is 0 Å². The topological polar surface area (TPSA) is 25.3 Å². The second-order valence-corrected chi connectivity index (χ2v) is 7.66. The molecule has 5 nitrogen and oxygen atoms in total. The molecule has 2 heterocycles. The molecule has 20 heavy (non-hydrogen) atoms. The van der Waals surface area contributed by atoms with Gasteiger partial charge in [-0.05, 0) is 48.5 Å². The number of likely N-dealkylation sites (N-methyl/N-ethyl adjacent to an activating group) is 1. The van der Waals surface area contributed by atoms with Gasteiger partial charge >= 0.3 is 0 Å². The Balaban J connectivity index is 0.00000200. The minimum atomic E-state index is 0. The molecule has 2 rings (SSSR count). The van der Waals surface area contributed by atoms with E-state index in [4.69, 9.17) is 4.99 Å². The number of hydrogen-bond acceptors (Lipinski definition) is 7. The van der Waals surface area contributed by atoms with Gasteiger partial charge in [-0.3, -0.25) is 0 Å². The van der Waals surface area contributed by atoms with Crippen LogP contribution >= 0.6 is 45.6 Å². The van der Waals surface area contributed by atoms with Crippen LogP contribution in [0.5, 0.6) is 0 Å². The maximum Gasteiger partial charge on any atom is 0.175 e. The van der Waals surface area contributed by atoms with E-state index in [1.807, 2.05) is 10.8 Å². The first kappa shape index (κ1) is 18.8. The van der Waals surface area contributed by atoms with Crippen molar-refractivity contribution in [2.45, 2.75) is 18.3 Å². The summed E-state index contributed by atoms with van der Waals surface area (Å²) in [5.41, 5.74) is 0.237. The van der Waals surface area contributed by atoms with Crippen LogP contribution in [0.3, 0.4) is 0 Å². The molecule has 2 aliphatic heterocycles. The first-order valence-electron chi connectivity index (χ1n) is 6.82. The van der Waals surface area contributed by atoms with Gasteiger partial charge in [-0.2, -0.15) is 0 Å². The SMILES string of the molecule is CN(C)CCN(C1N=C(N(C)C)SS1)N1CCCC1.I. The van der Waals surface area contributed by atoms with E-state index in [-0.39, 0.29) is 29.5 Å². The summed E-state index contributed by atoms with van der Waals surface area (Å²) in [6, 6.07) is 0.